The summed E-state index contributed by atoms with van der Waals surface area (Å²) in [5.74, 6) is 0.540. The average Bonchev–Trinajstić information content (AvgIpc) is 2.55. The van der Waals surface area contributed by atoms with Crippen LogP contribution in [0.2, 0.25) is 5.02 Å². The minimum absolute atomic E-state index is 0.173. The Morgan fingerprint density at radius 3 is 2.57 bits per heavy atom. The molecule has 23 heavy (non-hydrogen) atoms. The molecule has 3 aromatic rings. The molecular formula is C18H12BrClO3. The van der Waals surface area contributed by atoms with Crippen LogP contribution in [-0.4, -0.2) is 12.6 Å². The molecule has 0 heterocycles. The molecule has 0 radical (unpaired) electrons. The van der Waals surface area contributed by atoms with Crippen LogP contribution < -0.4 is 9.47 Å². The first kappa shape index (κ1) is 15.8. The second-order valence-corrected chi connectivity index (χ2v) is 6.14. The van der Waals surface area contributed by atoms with Crippen LogP contribution in [0.3, 0.4) is 0 Å². The number of benzene rings is 3. The second-order valence-electron chi connectivity index (χ2n) is 4.85. The Labute approximate surface area is 146 Å². The predicted octanol–water partition coefficient (Wildman–Crippen LogP) is 5.24. The Bertz CT molecular complexity index is 864. The summed E-state index contributed by atoms with van der Waals surface area (Å²) in [6, 6.07) is 18.5. The SMILES string of the molecule is O=C(COc1ccc2ccccc2c1)Oc1ccc(Cl)cc1Br. The van der Waals surface area contributed by atoms with E-state index in [0.29, 0.717) is 21.0 Å². The first-order valence-corrected chi connectivity index (χ1v) is 8.06. The van der Waals surface area contributed by atoms with E-state index in [0.717, 1.165) is 10.8 Å². The minimum Gasteiger partial charge on any atom is -0.482 e. The third-order valence-electron chi connectivity index (χ3n) is 3.20. The molecule has 0 unspecified atom stereocenters. The maximum Gasteiger partial charge on any atom is 0.349 e. The van der Waals surface area contributed by atoms with E-state index in [1.807, 2.05) is 42.5 Å². The summed E-state index contributed by atoms with van der Waals surface area (Å²) in [6.45, 7) is -0.173. The van der Waals surface area contributed by atoms with E-state index >= 15 is 0 Å². The fourth-order valence-corrected chi connectivity index (χ4v) is 2.87. The van der Waals surface area contributed by atoms with Crippen LogP contribution in [0.15, 0.2) is 65.1 Å². The van der Waals surface area contributed by atoms with Crippen molar-refractivity contribution in [2.75, 3.05) is 6.61 Å². The van der Waals surface area contributed by atoms with Crippen molar-refractivity contribution in [3.8, 4) is 11.5 Å². The highest BCUT2D eigenvalue weighted by Crippen LogP contribution is 2.28. The summed E-state index contributed by atoms with van der Waals surface area (Å²) < 4.78 is 11.4. The molecule has 0 fully saturated rings. The smallest absolute Gasteiger partial charge is 0.349 e. The summed E-state index contributed by atoms with van der Waals surface area (Å²) >= 11 is 9.14. The summed E-state index contributed by atoms with van der Waals surface area (Å²) in [5, 5.41) is 2.73. The highest BCUT2D eigenvalue weighted by Gasteiger charge is 2.09. The summed E-state index contributed by atoms with van der Waals surface area (Å²) in [7, 11) is 0. The van der Waals surface area contributed by atoms with Gasteiger partial charge in [0, 0.05) is 5.02 Å². The lowest BCUT2D eigenvalue weighted by atomic mass is 10.1. The molecule has 116 valence electrons. The molecule has 0 atom stereocenters. The lowest BCUT2D eigenvalue weighted by molar-refractivity contribution is -0.136. The molecule has 0 N–H and O–H groups in total. The fraction of sp³-hybridized carbons (Fsp3) is 0.0556. The zero-order valence-electron chi connectivity index (χ0n) is 12.0. The van der Waals surface area contributed by atoms with Gasteiger partial charge in [0.05, 0.1) is 4.47 Å². The molecule has 5 heteroatoms. The number of esters is 1. The van der Waals surface area contributed by atoms with Gasteiger partial charge in [-0.2, -0.15) is 0 Å². The molecule has 0 saturated heterocycles. The molecule has 3 aromatic carbocycles. The average molecular weight is 392 g/mol. The zero-order valence-corrected chi connectivity index (χ0v) is 14.3. The van der Waals surface area contributed by atoms with E-state index < -0.39 is 5.97 Å². The molecule has 3 nitrogen and oxygen atoms in total. The van der Waals surface area contributed by atoms with Crippen LogP contribution in [0, 0.1) is 0 Å². The molecule has 0 aromatic heterocycles. The van der Waals surface area contributed by atoms with E-state index in [1.165, 1.54) is 0 Å². The molecule has 0 aliphatic rings. The van der Waals surface area contributed by atoms with Crippen LogP contribution in [0.4, 0.5) is 0 Å². The van der Waals surface area contributed by atoms with Gasteiger partial charge in [0.25, 0.3) is 0 Å². The minimum atomic E-state index is -0.485. The van der Waals surface area contributed by atoms with Crippen molar-refractivity contribution in [3.63, 3.8) is 0 Å². The van der Waals surface area contributed by atoms with Crippen LogP contribution in [-0.2, 0) is 4.79 Å². The zero-order chi connectivity index (χ0) is 16.2. The second kappa shape index (κ2) is 7.02. The molecule has 3 rings (SSSR count). The van der Waals surface area contributed by atoms with Crippen LogP contribution >= 0.6 is 27.5 Å². The number of rotatable bonds is 4. The van der Waals surface area contributed by atoms with Crippen molar-refractivity contribution in [2.24, 2.45) is 0 Å². The molecule has 0 spiro atoms. The number of carbonyl (C=O) groups is 1. The highest BCUT2D eigenvalue weighted by atomic mass is 79.9. The summed E-state index contributed by atoms with van der Waals surface area (Å²) in [6.07, 6.45) is 0. The van der Waals surface area contributed by atoms with E-state index in [-0.39, 0.29) is 6.61 Å². The third kappa shape index (κ3) is 4.03. The number of fused-ring (bicyclic) bond motifs is 1. The quantitative estimate of drug-likeness (QED) is 0.451. The first-order valence-electron chi connectivity index (χ1n) is 6.89. The van der Waals surface area contributed by atoms with E-state index in [1.54, 1.807) is 18.2 Å². The topological polar surface area (TPSA) is 35.5 Å². The third-order valence-corrected chi connectivity index (χ3v) is 4.05. The number of hydrogen-bond donors (Lipinski definition) is 0. The van der Waals surface area contributed by atoms with Gasteiger partial charge < -0.3 is 9.47 Å². The highest BCUT2D eigenvalue weighted by molar-refractivity contribution is 9.10. The van der Waals surface area contributed by atoms with Gasteiger partial charge in [-0.1, -0.05) is 41.9 Å². The van der Waals surface area contributed by atoms with Gasteiger partial charge in [0.15, 0.2) is 6.61 Å². The van der Waals surface area contributed by atoms with Gasteiger partial charge in [-0.05, 0) is 57.0 Å². The Kier molecular flexibility index (Phi) is 4.84. The molecule has 0 amide bonds. The number of ether oxygens (including phenoxy) is 2. The lowest BCUT2D eigenvalue weighted by Gasteiger charge is -2.09. The lowest BCUT2D eigenvalue weighted by Crippen LogP contribution is -2.17. The molecule has 0 saturated carbocycles. The monoisotopic (exact) mass is 390 g/mol. The number of halogens is 2. The van der Waals surface area contributed by atoms with Crippen molar-refractivity contribution in [1.29, 1.82) is 0 Å². The standard InChI is InChI=1S/C18H12BrClO3/c19-16-10-14(20)6-8-17(16)23-18(21)11-22-15-7-5-12-3-1-2-4-13(12)9-15/h1-10H,11H2. The largest absolute Gasteiger partial charge is 0.482 e. The number of hydrogen-bond acceptors (Lipinski definition) is 3. The van der Waals surface area contributed by atoms with Crippen molar-refractivity contribution < 1.29 is 14.3 Å². The van der Waals surface area contributed by atoms with Gasteiger partial charge in [-0.25, -0.2) is 4.79 Å². The maximum atomic E-state index is 11.9. The summed E-state index contributed by atoms with van der Waals surface area (Å²) in [4.78, 5) is 11.9. The number of carbonyl (C=O) groups excluding carboxylic acids is 1. The molecule has 0 aliphatic carbocycles. The molecular weight excluding hydrogens is 380 g/mol. The maximum absolute atomic E-state index is 11.9. The molecule has 0 bridgehead atoms. The van der Waals surface area contributed by atoms with Crippen molar-refractivity contribution in [2.45, 2.75) is 0 Å². The summed E-state index contributed by atoms with van der Waals surface area (Å²) in [5.41, 5.74) is 0. The van der Waals surface area contributed by atoms with Crippen LogP contribution in [0.5, 0.6) is 11.5 Å². The normalized spacial score (nSPS) is 10.5. The Morgan fingerprint density at radius 1 is 1.00 bits per heavy atom. The van der Waals surface area contributed by atoms with Gasteiger partial charge in [0.1, 0.15) is 11.5 Å². The Balaban J connectivity index is 1.63. The van der Waals surface area contributed by atoms with Gasteiger partial charge in [-0.15, -0.1) is 0 Å². The van der Waals surface area contributed by atoms with Crippen molar-refractivity contribution in [1.82, 2.24) is 0 Å². The van der Waals surface area contributed by atoms with Gasteiger partial charge >= 0.3 is 5.97 Å². The molecule has 0 aliphatic heterocycles. The van der Waals surface area contributed by atoms with E-state index in [2.05, 4.69) is 15.9 Å². The van der Waals surface area contributed by atoms with Gasteiger partial charge in [-0.3, -0.25) is 0 Å². The first-order chi connectivity index (χ1) is 11.1. The van der Waals surface area contributed by atoms with Crippen LogP contribution in [0.1, 0.15) is 0 Å². The van der Waals surface area contributed by atoms with E-state index in [4.69, 9.17) is 21.1 Å². The fourth-order valence-electron chi connectivity index (χ4n) is 2.11. The van der Waals surface area contributed by atoms with Crippen molar-refractivity contribution >= 4 is 44.3 Å². The van der Waals surface area contributed by atoms with Crippen LogP contribution in [0.25, 0.3) is 10.8 Å². The Morgan fingerprint density at radius 2 is 1.78 bits per heavy atom. The predicted molar refractivity (Wildman–Crippen MR) is 94.2 cm³/mol. The van der Waals surface area contributed by atoms with Gasteiger partial charge in [0.2, 0.25) is 0 Å². The van der Waals surface area contributed by atoms with Crippen molar-refractivity contribution in [3.05, 3.63) is 70.2 Å². The van der Waals surface area contributed by atoms with E-state index in [9.17, 15) is 4.79 Å². The Hall–Kier alpha value is -2.04.